The molecule has 3 rings (SSSR count). The van der Waals surface area contributed by atoms with Crippen LogP contribution in [0.25, 0.3) is 0 Å². The molecule has 0 saturated heterocycles. The quantitative estimate of drug-likeness (QED) is 0.530. The fraction of sp³-hybridized carbons (Fsp3) is 0.609. The van der Waals surface area contributed by atoms with E-state index >= 15 is 0 Å². The van der Waals surface area contributed by atoms with Crippen molar-refractivity contribution in [2.24, 2.45) is 17.8 Å². The normalized spacial score (nSPS) is 29.1. The third kappa shape index (κ3) is 5.81. The van der Waals surface area contributed by atoms with E-state index in [-0.39, 0.29) is 10.8 Å². The summed E-state index contributed by atoms with van der Waals surface area (Å²) in [6, 6.07) is 5.29. The molecule has 27 heavy (non-hydrogen) atoms. The zero-order chi connectivity index (χ0) is 19.2. The number of carboxylic acids is 1. The Morgan fingerprint density at radius 3 is 2.30 bits per heavy atom. The Labute approximate surface area is 166 Å². The van der Waals surface area contributed by atoms with Crippen LogP contribution in [0, 0.1) is 23.6 Å². The molecule has 1 aromatic carbocycles. The summed E-state index contributed by atoms with van der Waals surface area (Å²) in [6.07, 6.45) is 15.1. The van der Waals surface area contributed by atoms with Crippen LogP contribution in [0.4, 0.5) is 4.39 Å². The van der Waals surface area contributed by atoms with Crippen LogP contribution < -0.4 is 0 Å². The molecule has 0 bridgehead atoms. The Hall–Kier alpha value is -1.35. The zero-order valence-corrected chi connectivity index (χ0v) is 16.6. The van der Waals surface area contributed by atoms with Crippen LogP contribution >= 0.6 is 11.6 Å². The number of allylic oxidation sites excluding steroid dienone is 1. The Balaban J connectivity index is 1.40. The topological polar surface area (TPSA) is 37.3 Å². The molecular formula is C23H30ClFO2. The van der Waals surface area contributed by atoms with Crippen molar-refractivity contribution in [1.82, 2.24) is 0 Å². The maximum absolute atomic E-state index is 13.7. The maximum Gasteiger partial charge on any atom is 0.327 e. The highest BCUT2D eigenvalue weighted by atomic mass is 35.5. The number of carbonyl (C=O) groups is 1. The van der Waals surface area contributed by atoms with Crippen LogP contribution in [0.5, 0.6) is 0 Å². The van der Waals surface area contributed by atoms with Crippen LogP contribution in [0.3, 0.4) is 0 Å². The molecule has 2 aliphatic rings. The first-order chi connectivity index (χ1) is 13.0. The molecule has 2 saturated carbocycles. The number of carboxylic acid groups (broad SMARTS) is 1. The summed E-state index contributed by atoms with van der Waals surface area (Å²) in [5, 5.41) is 8.85. The van der Waals surface area contributed by atoms with Crippen LogP contribution in [0.1, 0.15) is 75.7 Å². The smallest absolute Gasteiger partial charge is 0.327 e. The SMILES string of the molecule is O=C(O)/C=C/CCC1CCC(C2CCC(c3ccc(Cl)c(F)c3)CC2)CC1. The van der Waals surface area contributed by atoms with E-state index in [9.17, 15) is 9.18 Å². The monoisotopic (exact) mass is 392 g/mol. The average Bonchev–Trinajstić information content (AvgIpc) is 2.68. The van der Waals surface area contributed by atoms with Crippen LogP contribution in [0.15, 0.2) is 30.4 Å². The highest BCUT2D eigenvalue weighted by Crippen LogP contribution is 2.44. The minimum Gasteiger partial charge on any atom is -0.478 e. The van der Waals surface area contributed by atoms with Gasteiger partial charge in [0.1, 0.15) is 5.82 Å². The third-order valence-corrected chi connectivity index (χ3v) is 7.05. The fourth-order valence-corrected chi connectivity index (χ4v) is 5.27. The van der Waals surface area contributed by atoms with E-state index in [4.69, 9.17) is 16.7 Å². The predicted octanol–water partition coefficient (Wildman–Crippen LogP) is 6.98. The molecule has 0 aromatic heterocycles. The van der Waals surface area contributed by atoms with E-state index in [0.29, 0.717) is 5.92 Å². The highest BCUT2D eigenvalue weighted by Gasteiger charge is 2.31. The van der Waals surface area contributed by atoms with E-state index < -0.39 is 5.97 Å². The van der Waals surface area contributed by atoms with Crippen molar-refractivity contribution in [3.8, 4) is 0 Å². The van der Waals surface area contributed by atoms with E-state index in [2.05, 4.69) is 0 Å². The summed E-state index contributed by atoms with van der Waals surface area (Å²) in [6.45, 7) is 0. The van der Waals surface area contributed by atoms with E-state index in [0.717, 1.165) is 49.0 Å². The Bertz CT molecular complexity index is 656. The van der Waals surface area contributed by atoms with Crippen LogP contribution in [-0.2, 0) is 4.79 Å². The van der Waals surface area contributed by atoms with Gasteiger partial charge in [0.25, 0.3) is 0 Å². The molecule has 2 fully saturated rings. The van der Waals surface area contributed by atoms with Crippen molar-refractivity contribution < 1.29 is 14.3 Å². The Kier molecular flexibility index (Phi) is 7.34. The number of hydrogen-bond donors (Lipinski definition) is 1. The number of rotatable bonds is 6. The molecule has 0 spiro atoms. The van der Waals surface area contributed by atoms with E-state index in [1.54, 1.807) is 18.2 Å². The molecule has 0 amide bonds. The van der Waals surface area contributed by atoms with Crippen LogP contribution in [-0.4, -0.2) is 11.1 Å². The van der Waals surface area contributed by atoms with Gasteiger partial charge in [0.15, 0.2) is 0 Å². The molecule has 0 aliphatic heterocycles. The summed E-state index contributed by atoms with van der Waals surface area (Å²) < 4.78 is 13.7. The highest BCUT2D eigenvalue weighted by molar-refractivity contribution is 6.30. The molecule has 0 heterocycles. The molecule has 0 radical (unpaired) electrons. The van der Waals surface area contributed by atoms with Gasteiger partial charge in [0, 0.05) is 6.08 Å². The number of aliphatic carboxylic acids is 1. The summed E-state index contributed by atoms with van der Waals surface area (Å²) in [5.74, 6) is 1.76. The van der Waals surface area contributed by atoms with Crippen molar-refractivity contribution in [3.63, 3.8) is 0 Å². The minimum atomic E-state index is -0.851. The first-order valence-corrected chi connectivity index (χ1v) is 10.7. The van der Waals surface area contributed by atoms with Gasteiger partial charge in [-0.1, -0.05) is 36.6 Å². The van der Waals surface area contributed by atoms with Crippen molar-refractivity contribution in [2.75, 3.05) is 0 Å². The number of halogens is 2. The van der Waals surface area contributed by atoms with Crippen LogP contribution in [0.2, 0.25) is 5.02 Å². The zero-order valence-electron chi connectivity index (χ0n) is 15.9. The lowest BCUT2D eigenvalue weighted by atomic mass is 9.68. The second-order valence-corrected chi connectivity index (χ2v) is 8.79. The van der Waals surface area contributed by atoms with Gasteiger partial charge in [-0.15, -0.1) is 0 Å². The number of benzene rings is 1. The summed E-state index contributed by atoms with van der Waals surface area (Å²) >= 11 is 5.81. The third-order valence-electron chi connectivity index (χ3n) is 6.75. The number of hydrogen-bond acceptors (Lipinski definition) is 1. The molecule has 2 nitrogen and oxygen atoms in total. The van der Waals surface area contributed by atoms with Gasteiger partial charge in [-0.3, -0.25) is 0 Å². The average molecular weight is 393 g/mol. The van der Waals surface area contributed by atoms with Crippen molar-refractivity contribution >= 4 is 17.6 Å². The molecule has 2 aliphatic carbocycles. The molecule has 1 aromatic rings. The lowest BCUT2D eigenvalue weighted by molar-refractivity contribution is -0.131. The van der Waals surface area contributed by atoms with Crippen molar-refractivity contribution in [2.45, 2.75) is 70.1 Å². The maximum atomic E-state index is 13.7. The van der Waals surface area contributed by atoms with Gasteiger partial charge in [-0.2, -0.15) is 0 Å². The molecule has 148 valence electrons. The van der Waals surface area contributed by atoms with Gasteiger partial charge in [0.2, 0.25) is 0 Å². The van der Waals surface area contributed by atoms with E-state index in [1.165, 1.54) is 44.6 Å². The van der Waals surface area contributed by atoms with Gasteiger partial charge in [-0.25, -0.2) is 9.18 Å². The molecular weight excluding hydrogens is 363 g/mol. The van der Waals surface area contributed by atoms with Gasteiger partial charge >= 0.3 is 5.97 Å². The first-order valence-electron chi connectivity index (χ1n) is 10.4. The predicted molar refractivity (Wildman–Crippen MR) is 108 cm³/mol. The fourth-order valence-electron chi connectivity index (χ4n) is 5.15. The second kappa shape index (κ2) is 9.73. The minimum absolute atomic E-state index is 0.211. The molecule has 0 unspecified atom stereocenters. The van der Waals surface area contributed by atoms with Gasteiger partial charge in [-0.05, 0) is 92.7 Å². The molecule has 0 atom stereocenters. The van der Waals surface area contributed by atoms with Gasteiger partial charge in [0.05, 0.1) is 5.02 Å². The van der Waals surface area contributed by atoms with Crippen molar-refractivity contribution in [1.29, 1.82) is 0 Å². The summed E-state index contributed by atoms with van der Waals surface area (Å²) in [5.41, 5.74) is 1.11. The largest absolute Gasteiger partial charge is 0.478 e. The van der Waals surface area contributed by atoms with E-state index in [1.807, 2.05) is 6.07 Å². The summed E-state index contributed by atoms with van der Waals surface area (Å²) in [4.78, 5) is 10.5. The lowest BCUT2D eigenvalue weighted by Crippen LogP contribution is -2.25. The Morgan fingerprint density at radius 1 is 1.07 bits per heavy atom. The summed E-state index contributed by atoms with van der Waals surface area (Å²) in [7, 11) is 0. The van der Waals surface area contributed by atoms with Crippen molar-refractivity contribution in [3.05, 3.63) is 46.8 Å². The molecule has 4 heteroatoms. The molecule has 1 N–H and O–H groups in total. The Morgan fingerprint density at radius 2 is 1.70 bits per heavy atom. The lowest BCUT2D eigenvalue weighted by Gasteiger charge is -2.38. The standard InChI is InChI=1S/C23H30ClFO2/c24-21-14-13-20(15-22(21)25)19-11-9-18(10-12-19)17-7-5-16(6-8-17)3-1-2-4-23(26)27/h2,4,13-19H,1,3,5-12H2,(H,26,27)/b4-2+. The first kappa shape index (κ1) is 20.4. The van der Waals surface area contributed by atoms with Gasteiger partial charge < -0.3 is 5.11 Å². The second-order valence-electron chi connectivity index (χ2n) is 8.38.